The predicted molar refractivity (Wildman–Crippen MR) is 98.9 cm³/mol. The molecule has 8 heteroatoms. The molecule has 0 saturated carbocycles. The largest absolute Gasteiger partial charge is 0.486 e. The zero-order chi connectivity index (χ0) is 19.4. The third-order valence-electron chi connectivity index (χ3n) is 3.95. The maximum absolute atomic E-state index is 12.2. The number of ketones is 1. The summed E-state index contributed by atoms with van der Waals surface area (Å²) in [5.74, 6) is 0.932. The van der Waals surface area contributed by atoms with Crippen molar-refractivity contribution in [1.82, 2.24) is 15.1 Å². The number of nitrogens with zero attached hydrogens (tertiary/aromatic N) is 2. The highest BCUT2D eigenvalue weighted by Crippen LogP contribution is 2.17. The van der Waals surface area contributed by atoms with Crippen LogP contribution in [0.5, 0.6) is 5.75 Å². The molecule has 7 nitrogen and oxygen atoms in total. The zero-order valence-corrected chi connectivity index (χ0v) is 15.6. The summed E-state index contributed by atoms with van der Waals surface area (Å²) >= 11 is 6.01. The Morgan fingerprint density at radius 3 is 2.59 bits per heavy atom. The first-order chi connectivity index (χ1) is 12.9. The molecule has 0 spiro atoms. The van der Waals surface area contributed by atoms with Gasteiger partial charge < -0.3 is 14.5 Å². The van der Waals surface area contributed by atoms with Gasteiger partial charge in [-0.2, -0.15) is 5.10 Å². The Bertz CT molecular complexity index is 940. The van der Waals surface area contributed by atoms with Gasteiger partial charge >= 0.3 is 0 Å². The summed E-state index contributed by atoms with van der Waals surface area (Å²) in [4.78, 5) is 23.5. The van der Waals surface area contributed by atoms with E-state index in [2.05, 4.69) is 10.4 Å². The van der Waals surface area contributed by atoms with Crippen LogP contribution in [0.3, 0.4) is 0 Å². The fraction of sp³-hybridized carbons (Fsp3) is 0.211. The van der Waals surface area contributed by atoms with Gasteiger partial charge in [-0.15, -0.1) is 0 Å². The van der Waals surface area contributed by atoms with Gasteiger partial charge in [0.25, 0.3) is 5.91 Å². The Morgan fingerprint density at radius 2 is 1.96 bits per heavy atom. The number of rotatable bonds is 7. The van der Waals surface area contributed by atoms with Crippen LogP contribution in [0.4, 0.5) is 0 Å². The highest BCUT2D eigenvalue weighted by Gasteiger charge is 2.13. The van der Waals surface area contributed by atoms with Crippen LogP contribution in [-0.2, 0) is 20.2 Å². The molecule has 1 amide bonds. The maximum atomic E-state index is 12.2. The molecule has 0 aliphatic carbocycles. The predicted octanol–water partition coefficient (Wildman–Crippen LogP) is 3.38. The molecular formula is C19H18ClN3O4. The van der Waals surface area contributed by atoms with Gasteiger partial charge in [0.1, 0.15) is 18.1 Å². The third kappa shape index (κ3) is 4.57. The number of hydrogen-bond acceptors (Lipinski definition) is 5. The molecule has 0 atom stereocenters. The highest BCUT2D eigenvalue weighted by atomic mass is 35.5. The number of halogens is 1. The van der Waals surface area contributed by atoms with Crippen LogP contribution >= 0.6 is 11.6 Å². The molecule has 0 aliphatic heterocycles. The fourth-order valence-electron chi connectivity index (χ4n) is 2.40. The van der Waals surface area contributed by atoms with Gasteiger partial charge in [-0.05, 0) is 43.3 Å². The molecule has 1 N–H and O–H groups in total. The molecular weight excluding hydrogens is 370 g/mol. The summed E-state index contributed by atoms with van der Waals surface area (Å²) in [6.45, 7) is 1.91. The normalized spacial score (nSPS) is 10.6. The molecule has 0 aliphatic rings. The second-order valence-corrected chi connectivity index (χ2v) is 6.29. The van der Waals surface area contributed by atoms with Gasteiger partial charge in [-0.1, -0.05) is 11.6 Å². The second kappa shape index (κ2) is 8.09. The van der Waals surface area contributed by atoms with Gasteiger partial charge in [0, 0.05) is 12.6 Å². The lowest BCUT2D eigenvalue weighted by atomic mass is 10.1. The van der Waals surface area contributed by atoms with Crippen molar-refractivity contribution in [2.75, 3.05) is 0 Å². The van der Waals surface area contributed by atoms with Crippen LogP contribution in [0, 0.1) is 0 Å². The van der Waals surface area contributed by atoms with Crippen molar-refractivity contribution in [2.24, 2.45) is 7.05 Å². The molecule has 140 valence electrons. The van der Waals surface area contributed by atoms with E-state index in [0.29, 0.717) is 27.8 Å². The molecule has 1 aromatic carbocycles. The van der Waals surface area contributed by atoms with E-state index in [9.17, 15) is 9.59 Å². The first kappa shape index (κ1) is 18.7. The lowest BCUT2D eigenvalue weighted by molar-refractivity contribution is 0.0917. The SMILES string of the molecule is CC(=O)c1ccc(OCc2ccc(C(=O)NCc3c(Cl)cnn3C)o2)cc1. The van der Waals surface area contributed by atoms with Gasteiger partial charge in [-0.25, -0.2) is 0 Å². The second-order valence-electron chi connectivity index (χ2n) is 5.88. The zero-order valence-electron chi connectivity index (χ0n) is 14.9. The summed E-state index contributed by atoms with van der Waals surface area (Å²) in [6, 6.07) is 10.1. The molecule has 3 aromatic rings. The van der Waals surface area contributed by atoms with Crippen molar-refractivity contribution in [3.63, 3.8) is 0 Å². The lowest BCUT2D eigenvalue weighted by Crippen LogP contribution is -2.23. The average Bonchev–Trinajstić information content (AvgIpc) is 3.25. The number of nitrogens with one attached hydrogen (secondary N) is 1. The topological polar surface area (TPSA) is 86.4 Å². The van der Waals surface area contributed by atoms with Crippen LogP contribution in [0.2, 0.25) is 5.02 Å². The van der Waals surface area contributed by atoms with Crippen LogP contribution in [-0.4, -0.2) is 21.5 Å². The first-order valence-electron chi connectivity index (χ1n) is 8.21. The Labute approximate surface area is 160 Å². The van der Waals surface area contributed by atoms with Crippen LogP contribution in [0.15, 0.2) is 47.0 Å². The van der Waals surface area contributed by atoms with E-state index >= 15 is 0 Å². The highest BCUT2D eigenvalue weighted by molar-refractivity contribution is 6.31. The molecule has 2 aromatic heterocycles. The van der Waals surface area contributed by atoms with Crippen LogP contribution in [0.1, 0.15) is 39.3 Å². The molecule has 2 heterocycles. The smallest absolute Gasteiger partial charge is 0.287 e. The van der Waals surface area contributed by atoms with E-state index < -0.39 is 0 Å². The molecule has 0 bridgehead atoms. The summed E-state index contributed by atoms with van der Waals surface area (Å²) in [5, 5.41) is 7.24. The molecule has 0 unspecified atom stereocenters. The number of aryl methyl sites for hydroxylation is 1. The summed E-state index contributed by atoms with van der Waals surface area (Å²) in [6.07, 6.45) is 1.52. The van der Waals surface area contributed by atoms with Crippen molar-refractivity contribution >= 4 is 23.3 Å². The van der Waals surface area contributed by atoms with E-state index in [-0.39, 0.29) is 30.6 Å². The number of aromatic nitrogens is 2. The quantitative estimate of drug-likeness (QED) is 0.628. The van der Waals surface area contributed by atoms with Crippen molar-refractivity contribution < 1.29 is 18.7 Å². The van der Waals surface area contributed by atoms with Crippen LogP contribution in [0.25, 0.3) is 0 Å². The minimum Gasteiger partial charge on any atom is -0.486 e. The average molecular weight is 388 g/mol. The van der Waals surface area contributed by atoms with E-state index in [4.69, 9.17) is 20.8 Å². The van der Waals surface area contributed by atoms with E-state index in [1.165, 1.54) is 13.1 Å². The Kier molecular flexibility index (Phi) is 5.61. The van der Waals surface area contributed by atoms with Crippen molar-refractivity contribution in [1.29, 1.82) is 0 Å². The molecule has 0 radical (unpaired) electrons. The number of amides is 1. The number of benzene rings is 1. The number of carbonyl (C=O) groups excluding carboxylic acids is 2. The molecule has 0 saturated heterocycles. The first-order valence-corrected chi connectivity index (χ1v) is 8.59. The number of ether oxygens (including phenoxy) is 1. The Hall–Kier alpha value is -3.06. The van der Waals surface area contributed by atoms with Gasteiger partial charge in [0.05, 0.1) is 23.5 Å². The van der Waals surface area contributed by atoms with E-state index in [1.54, 1.807) is 48.1 Å². The monoisotopic (exact) mass is 387 g/mol. The maximum Gasteiger partial charge on any atom is 0.287 e. The van der Waals surface area contributed by atoms with Crippen LogP contribution < -0.4 is 10.1 Å². The summed E-state index contributed by atoms with van der Waals surface area (Å²) < 4.78 is 12.7. The summed E-state index contributed by atoms with van der Waals surface area (Å²) in [7, 11) is 1.75. The number of furan rings is 1. The summed E-state index contributed by atoms with van der Waals surface area (Å²) in [5.41, 5.74) is 1.32. The Balaban J connectivity index is 1.54. The van der Waals surface area contributed by atoms with Gasteiger partial charge in [0.15, 0.2) is 11.5 Å². The van der Waals surface area contributed by atoms with Crippen molar-refractivity contribution in [3.8, 4) is 5.75 Å². The fourth-order valence-corrected chi connectivity index (χ4v) is 2.64. The third-order valence-corrected chi connectivity index (χ3v) is 4.27. The van der Waals surface area contributed by atoms with E-state index in [1.807, 2.05) is 0 Å². The van der Waals surface area contributed by atoms with Crippen molar-refractivity contribution in [2.45, 2.75) is 20.1 Å². The lowest BCUT2D eigenvalue weighted by Gasteiger charge is -2.05. The number of carbonyl (C=O) groups is 2. The number of hydrogen-bond donors (Lipinski definition) is 1. The van der Waals surface area contributed by atoms with Gasteiger partial charge in [-0.3, -0.25) is 14.3 Å². The van der Waals surface area contributed by atoms with E-state index in [0.717, 1.165) is 0 Å². The minimum atomic E-state index is -0.357. The number of Topliss-reactive ketones (excluding diaryl/α,β-unsaturated/α-hetero) is 1. The molecule has 27 heavy (non-hydrogen) atoms. The standard InChI is InChI=1S/C19H18ClN3O4/c1-12(24)13-3-5-14(6-4-13)26-11-15-7-8-18(27-15)19(25)21-10-17-16(20)9-22-23(17)2/h3-9H,10-11H2,1-2H3,(H,21,25). The Morgan fingerprint density at radius 1 is 1.22 bits per heavy atom. The van der Waals surface area contributed by atoms with Crippen molar-refractivity contribution in [3.05, 3.63) is 70.4 Å². The minimum absolute atomic E-state index is 0.00403. The molecule has 0 fully saturated rings. The molecule has 3 rings (SSSR count). The van der Waals surface area contributed by atoms with Gasteiger partial charge in [0.2, 0.25) is 0 Å².